The second kappa shape index (κ2) is 25.0. The van der Waals surface area contributed by atoms with Gasteiger partial charge >= 0.3 is 18.0 Å². The van der Waals surface area contributed by atoms with Crippen LogP contribution in [0.2, 0.25) is 0 Å². The monoisotopic (exact) mass is 1100 g/mol. The number of para-hydroxylation sites is 2. The van der Waals surface area contributed by atoms with Crippen LogP contribution in [0.4, 0.5) is 38.5 Å². The van der Waals surface area contributed by atoms with Crippen LogP contribution in [0.3, 0.4) is 0 Å². The van der Waals surface area contributed by atoms with E-state index in [1.54, 1.807) is 28.1 Å². The molecule has 0 spiro atoms. The molecule has 2 aliphatic heterocycles. The third-order valence-electron chi connectivity index (χ3n) is 13.9. The highest BCUT2D eigenvalue weighted by Crippen LogP contribution is 2.42. The molecule has 2 aromatic heterocycles. The van der Waals surface area contributed by atoms with E-state index in [4.69, 9.17) is 26.8 Å². The van der Waals surface area contributed by atoms with Crippen LogP contribution in [-0.2, 0) is 61.2 Å². The van der Waals surface area contributed by atoms with Crippen molar-refractivity contribution in [1.82, 2.24) is 29.8 Å². The highest BCUT2D eigenvalue weighted by atomic mass is 35.5. The third kappa shape index (κ3) is 13.2. The topological polar surface area (TPSA) is 216 Å². The zero-order valence-corrected chi connectivity index (χ0v) is 47.3. The van der Waals surface area contributed by atoms with Gasteiger partial charge in [0, 0.05) is 70.8 Å². The van der Waals surface area contributed by atoms with Crippen LogP contribution >= 0.6 is 12.4 Å². The van der Waals surface area contributed by atoms with Gasteiger partial charge in [-0.25, -0.2) is 36.5 Å². The van der Waals surface area contributed by atoms with Gasteiger partial charge in [0.1, 0.15) is 23.3 Å². The largest absolute Gasteiger partial charge is 0.481 e. The fraction of sp³-hybridized carbons (Fsp3) is 0.414. The van der Waals surface area contributed by atoms with Crippen molar-refractivity contribution in [3.05, 3.63) is 129 Å². The van der Waals surface area contributed by atoms with Gasteiger partial charge in [-0.05, 0) is 87.8 Å². The Hall–Kier alpha value is -7.25. The van der Waals surface area contributed by atoms with Crippen molar-refractivity contribution in [2.75, 3.05) is 10.6 Å². The summed E-state index contributed by atoms with van der Waals surface area (Å²) < 4.78 is 64.7. The molecule has 20 heteroatoms. The number of carbonyl (C=O) groups excluding carboxylic acids is 3. The van der Waals surface area contributed by atoms with Crippen molar-refractivity contribution in [2.45, 2.75) is 146 Å². The number of halogens is 5. The number of aliphatic carboxylic acids is 1. The molecule has 0 unspecified atom stereocenters. The molecular weight excluding hydrogens is 1030 g/mol. The number of rotatable bonds is 12. The Kier molecular flexibility index (Phi) is 19.8. The number of anilines is 2. The van der Waals surface area contributed by atoms with Gasteiger partial charge in [-0.15, -0.1) is 12.4 Å². The van der Waals surface area contributed by atoms with E-state index in [-0.39, 0.29) is 64.7 Å². The van der Waals surface area contributed by atoms with Crippen molar-refractivity contribution < 1.29 is 41.8 Å². The van der Waals surface area contributed by atoms with Gasteiger partial charge in [-0.3, -0.25) is 9.59 Å². The zero-order valence-electron chi connectivity index (χ0n) is 46.5. The van der Waals surface area contributed by atoms with Crippen LogP contribution in [-0.4, -0.2) is 64.6 Å². The van der Waals surface area contributed by atoms with Crippen LogP contribution in [0.1, 0.15) is 128 Å². The number of hydrogen-bond donors (Lipinski definition) is 6. The number of nitrogens with zero attached hydrogens (tertiary/aromatic N) is 5. The quantitative estimate of drug-likeness (QED) is 0.0647. The molecule has 6 aromatic rings. The molecule has 15 nitrogen and oxygen atoms in total. The average Bonchev–Trinajstić information content (AvgIpc) is 3.90. The SMILES string of the molecule is CC(C)C(=O)O.CCc1cccc(CC)c1-n1nc2c(c1-c1cc(F)c(NC(N)=O)cc1F)CN(C(=O)C(C)C)C(C)(C)C2.CCc1cccc(CC)c1-n1nc2c(c1-c1cc(F)c(NC(N)=O)cc1F)CNC(C)(C)C2.Cl. The van der Waals surface area contributed by atoms with Crippen LogP contribution in [0.15, 0.2) is 60.7 Å². The van der Waals surface area contributed by atoms with Crippen molar-refractivity contribution >= 4 is 47.7 Å². The zero-order chi connectivity index (χ0) is 57.0. The maximum atomic E-state index is 15.7. The van der Waals surface area contributed by atoms with E-state index in [0.717, 1.165) is 101 Å². The average molecular weight is 1100 g/mol. The summed E-state index contributed by atoms with van der Waals surface area (Å²) in [4.78, 5) is 47.2. The van der Waals surface area contributed by atoms with Crippen LogP contribution in [0, 0.1) is 35.1 Å². The molecule has 420 valence electrons. The summed E-state index contributed by atoms with van der Waals surface area (Å²) in [6.07, 6.45) is 4.10. The minimum Gasteiger partial charge on any atom is -0.481 e. The first-order valence-corrected chi connectivity index (χ1v) is 26.0. The summed E-state index contributed by atoms with van der Waals surface area (Å²) in [5.74, 6) is -4.22. The minimum absolute atomic E-state index is 0. The molecule has 8 N–H and O–H groups in total. The van der Waals surface area contributed by atoms with E-state index >= 15 is 13.2 Å². The summed E-state index contributed by atoms with van der Waals surface area (Å²) in [5.41, 5.74) is 19.0. The van der Waals surface area contributed by atoms with Crippen molar-refractivity contribution in [3.8, 4) is 33.9 Å². The highest BCUT2D eigenvalue weighted by Gasteiger charge is 2.41. The number of nitrogens with one attached hydrogen (secondary N) is 3. The van der Waals surface area contributed by atoms with Gasteiger partial charge in [-0.1, -0.05) is 91.8 Å². The second-order valence-corrected chi connectivity index (χ2v) is 21.2. The normalized spacial score (nSPS) is 14.0. The Morgan fingerprint density at radius 1 is 0.641 bits per heavy atom. The molecule has 0 bridgehead atoms. The fourth-order valence-electron chi connectivity index (χ4n) is 9.77. The van der Waals surface area contributed by atoms with Gasteiger partial charge in [0.25, 0.3) is 0 Å². The number of hydrogen-bond acceptors (Lipinski definition) is 7. The molecule has 78 heavy (non-hydrogen) atoms. The van der Waals surface area contributed by atoms with Crippen LogP contribution in [0.25, 0.3) is 33.9 Å². The first kappa shape index (κ1) is 61.6. The lowest BCUT2D eigenvalue weighted by atomic mass is 9.86. The Balaban J connectivity index is 0.000000259. The first-order valence-electron chi connectivity index (χ1n) is 26.0. The number of aryl methyl sites for hydroxylation is 4. The summed E-state index contributed by atoms with van der Waals surface area (Å²) in [5, 5.41) is 25.7. The number of fused-ring (bicyclic) bond motifs is 2. The van der Waals surface area contributed by atoms with Gasteiger partial charge in [0.15, 0.2) is 0 Å². The Morgan fingerprint density at radius 2 is 1.03 bits per heavy atom. The molecule has 8 rings (SSSR count). The van der Waals surface area contributed by atoms with E-state index in [9.17, 15) is 23.6 Å². The van der Waals surface area contributed by atoms with Crippen molar-refractivity contribution in [3.63, 3.8) is 0 Å². The van der Waals surface area contributed by atoms with Gasteiger partial charge in [0.05, 0.1) is 58.0 Å². The van der Waals surface area contributed by atoms with E-state index in [1.807, 2.05) is 77.9 Å². The van der Waals surface area contributed by atoms with E-state index in [0.29, 0.717) is 36.3 Å². The maximum Gasteiger partial charge on any atom is 0.316 e. The number of benzene rings is 4. The lowest BCUT2D eigenvalue weighted by Gasteiger charge is -2.43. The molecule has 5 amide bonds. The molecule has 0 fully saturated rings. The number of aromatic nitrogens is 4. The van der Waals surface area contributed by atoms with E-state index < -0.39 is 46.8 Å². The van der Waals surface area contributed by atoms with Gasteiger partial charge in [0.2, 0.25) is 5.91 Å². The fourth-order valence-corrected chi connectivity index (χ4v) is 9.77. The van der Waals surface area contributed by atoms with E-state index in [1.165, 1.54) is 0 Å². The molecule has 0 atom stereocenters. The first-order chi connectivity index (χ1) is 36.2. The predicted octanol–water partition coefficient (Wildman–Crippen LogP) is 11.8. The molecule has 0 saturated carbocycles. The maximum absolute atomic E-state index is 15.7. The molecule has 2 aliphatic rings. The number of amides is 5. The van der Waals surface area contributed by atoms with Gasteiger partial charge < -0.3 is 37.4 Å². The Morgan fingerprint density at radius 3 is 1.38 bits per heavy atom. The number of primary amides is 2. The number of carbonyl (C=O) groups is 4. The smallest absolute Gasteiger partial charge is 0.316 e. The minimum atomic E-state index is -0.993. The number of urea groups is 2. The van der Waals surface area contributed by atoms with Crippen molar-refractivity contribution in [2.24, 2.45) is 23.3 Å². The molecular formula is C58H73ClF4N10O5. The standard InChI is InChI=1S/C29H35F2N5O2.C25H29F2N5O.C4H8O2.ClH/c1-7-17-10-9-11-18(8-2)25(17)36-26(19-12-22(31)23(13-21(19)30)33-28(32)38)20-15-35(27(37)16(3)4)29(5,6)14-24(20)34-36;1-5-14-8-7-9-15(6-2)22(14)32-23(17-13-29-25(3,4)12-21(17)31-32)16-10-19(27)20(11-18(16)26)30-24(28)33;1-3(2)4(5)6;/h9-13,16H,7-8,14-15H2,1-6H3,(H3,32,33,38);7-11,29H,5-6,12-13H2,1-4H3,(H3,28,30,33);3H,1-2H3,(H,5,6);1H. The van der Waals surface area contributed by atoms with Crippen LogP contribution < -0.4 is 27.4 Å². The predicted molar refractivity (Wildman–Crippen MR) is 299 cm³/mol. The molecule has 0 radical (unpaired) electrons. The molecule has 0 saturated heterocycles. The lowest BCUT2D eigenvalue weighted by molar-refractivity contribution is -0.142. The molecule has 0 aliphatic carbocycles. The summed E-state index contributed by atoms with van der Waals surface area (Å²) in [6.45, 7) is 24.1. The second-order valence-electron chi connectivity index (χ2n) is 21.2. The molecule has 4 aromatic carbocycles. The number of carboxylic acids is 1. The van der Waals surface area contributed by atoms with Crippen molar-refractivity contribution in [1.29, 1.82) is 0 Å². The summed E-state index contributed by atoms with van der Waals surface area (Å²) in [6, 6.07) is 14.2. The van der Waals surface area contributed by atoms with Gasteiger partial charge in [-0.2, -0.15) is 10.2 Å². The van der Waals surface area contributed by atoms with Crippen LogP contribution in [0.5, 0.6) is 0 Å². The highest BCUT2D eigenvalue weighted by molar-refractivity contribution is 5.89. The Bertz CT molecular complexity index is 3180. The van der Waals surface area contributed by atoms with E-state index in [2.05, 4.69) is 43.6 Å². The lowest BCUT2D eigenvalue weighted by Crippen LogP contribution is -2.52. The summed E-state index contributed by atoms with van der Waals surface area (Å²) in [7, 11) is 0. The summed E-state index contributed by atoms with van der Waals surface area (Å²) >= 11 is 0. The third-order valence-corrected chi connectivity index (χ3v) is 13.9. The molecule has 4 heterocycles. The number of nitrogens with two attached hydrogens (primary N) is 2. The Labute approximate surface area is 459 Å². The number of carboxylic acid groups (broad SMARTS) is 1.